The molecule has 0 saturated carbocycles. The summed E-state index contributed by atoms with van der Waals surface area (Å²) in [6.07, 6.45) is 8.05. The second-order valence-electron chi connectivity index (χ2n) is 7.61. The number of likely N-dealkylation sites (tertiary alicyclic amines) is 1. The first kappa shape index (κ1) is 23.8. The van der Waals surface area contributed by atoms with Crippen molar-refractivity contribution >= 4 is 11.9 Å². The number of pyridine rings is 1. The fourth-order valence-corrected chi connectivity index (χ4v) is 3.83. The minimum atomic E-state index is -0.143. The van der Waals surface area contributed by atoms with Crippen LogP contribution in [0.3, 0.4) is 0 Å². The number of aromatic nitrogens is 6. The van der Waals surface area contributed by atoms with Crippen LogP contribution in [-0.4, -0.2) is 59.9 Å². The number of nitrogens with zero attached hydrogens (tertiary/aromatic N) is 8. The van der Waals surface area contributed by atoms with E-state index in [0.717, 1.165) is 18.5 Å². The second-order valence-corrected chi connectivity index (χ2v) is 7.61. The average Bonchev–Trinajstić information content (AvgIpc) is 3.39. The highest BCUT2D eigenvalue weighted by atomic mass is 16.2. The minimum absolute atomic E-state index is 0.0544. The van der Waals surface area contributed by atoms with Crippen LogP contribution in [0.1, 0.15) is 55.4 Å². The summed E-state index contributed by atoms with van der Waals surface area (Å²) in [5.41, 5.74) is 2.05. The Kier molecular flexibility index (Phi) is 8.02. The van der Waals surface area contributed by atoms with Gasteiger partial charge in [0.1, 0.15) is 11.8 Å². The standard InChI is InChI=1S/C21H23N9O.C2H6/c1-14-4-3-9-29(18(14)13-25-21-23-11-16(10-22)12-24-21)20(31)19-17(6-5-15(2)28-19)30-26-7-8-27-30;1-2/h5-8,11-12,14,18H,3-4,9,13H2,1-2H3,(H,23,24,25);1-2H3/t14-,18-;/m1./s1. The molecule has 0 aliphatic carbocycles. The van der Waals surface area contributed by atoms with E-state index >= 15 is 0 Å². The van der Waals surface area contributed by atoms with Gasteiger partial charge >= 0.3 is 0 Å². The Balaban J connectivity index is 0.00000149. The number of hydrogen-bond acceptors (Lipinski definition) is 8. The number of hydrogen-bond donors (Lipinski definition) is 1. The maximum atomic E-state index is 13.6. The lowest BCUT2D eigenvalue weighted by Gasteiger charge is -2.40. The van der Waals surface area contributed by atoms with E-state index in [1.807, 2.05) is 43.9 Å². The number of nitriles is 1. The molecule has 0 unspecified atom stereocenters. The molecule has 4 rings (SSSR count). The lowest BCUT2D eigenvalue weighted by molar-refractivity contribution is 0.0533. The second kappa shape index (κ2) is 11.1. The van der Waals surface area contributed by atoms with E-state index in [4.69, 9.17) is 5.26 Å². The van der Waals surface area contributed by atoms with E-state index < -0.39 is 0 Å². The number of carbonyl (C=O) groups is 1. The number of amides is 1. The molecule has 1 saturated heterocycles. The van der Waals surface area contributed by atoms with Crippen molar-refractivity contribution in [2.24, 2.45) is 5.92 Å². The molecular weight excluding hydrogens is 418 g/mol. The molecule has 3 aromatic rings. The third kappa shape index (κ3) is 5.49. The van der Waals surface area contributed by atoms with Gasteiger partial charge in [-0.25, -0.2) is 15.0 Å². The number of piperidine rings is 1. The van der Waals surface area contributed by atoms with Gasteiger partial charge in [-0.2, -0.15) is 15.5 Å². The van der Waals surface area contributed by atoms with Crippen molar-refractivity contribution in [1.82, 2.24) is 34.8 Å². The Morgan fingerprint density at radius 1 is 1.21 bits per heavy atom. The van der Waals surface area contributed by atoms with Gasteiger partial charge in [0.15, 0.2) is 5.69 Å². The Labute approximate surface area is 193 Å². The summed E-state index contributed by atoms with van der Waals surface area (Å²) in [6, 6.07) is 5.61. The highest BCUT2D eigenvalue weighted by molar-refractivity contribution is 5.96. The Hall–Kier alpha value is -3.87. The number of nitrogens with one attached hydrogen (secondary N) is 1. The molecule has 0 aromatic carbocycles. The van der Waals surface area contributed by atoms with Crippen LogP contribution in [0.4, 0.5) is 5.95 Å². The molecule has 1 aliphatic rings. The van der Waals surface area contributed by atoms with E-state index in [-0.39, 0.29) is 11.9 Å². The molecule has 1 N–H and O–H groups in total. The Morgan fingerprint density at radius 2 is 1.91 bits per heavy atom. The predicted octanol–water partition coefficient (Wildman–Crippen LogP) is 3.01. The maximum Gasteiger partial charge on any atom is 0.275 e. The summed E-state index contributed by atoms with van der Waals surface area (Å²) >= 11 is 0. The van der Waals surface area contributed by atoms with Crippen molar-refractivity contribution in [3.63, 3.8) is 0 Å². The van der Waals surface area contributed by atoms with Gasteiger partial charge in [-0.15, -0.1) is 4.80 Å². The van der Waals surface area contributed by atoms with Crippen molar-refractivity contribution in [3.05, 3.63) is 53.9 Å². The first-order chi connectivity index (χ1) is 16.1. The smallest absolute Gasteiger partial charge is 0.275 e. The fourth-order valence-electron chi connectivity index (χ4n) is 3.83. The summed E-state index contributed by atoms with van der Waals surface area (Å²) < 4.78 is 0. The molecule has 10 heteroatoms. The Bertz CT molecular complexity index is 1090. The molecule has 172 valence electrons. The molecule has 4 heterocycles. The number of rotatable bonds is 5. The molecule has 1 aliphatic heterocycles. The lowest BCUT2D eigenvalue weighted by Crippen LogP contribution is -2.51. The Morgan fingerprint density at radius 3 is 2.58 bits per heavy atom. The summed E-state index contributed by atoms with van der Waals surface area (Å²) in [7, 11) is 0. The van der Waals surface area contributed by atoms with E-state index in [0.29, 0.717) is 41.9 Å². The lowest BCUT2D eigenvalue weighted by atomic mass is 9.90. The molecule has 0 spiro atoms. The third-order valence-electron chi connectivity index (χ3n) is 5.48. The normalized spacial score (nSPS) is 17.5. The largest absolute Gasteiger partial charge is 0.352 e. The molecule has 10 nitrogen and oxygen atoms in total. The zero-order valence-electron chi connectivity index (χ0n) is 19.4. The molecule has 33 heavy (non-hydrogen) atoms. The average molecular weight is 448 g/mol. The quantitative estimate of drug-likeness (QED) is 0.633. The van der Waals surface area contributed by atoms with Crippen LogP contribution in [0.2, 0.25) is 0 Å². The van der Waals surface area contributed by atoms with Crippen LogP contribution in [0.25, 0.3) is 5.69 Å². The van der Waals surface area contributed by atoms with Gasteiger partial charge in [-0.3, -0.25) is 4.79 Å². The van der Waals surface area contributed by atoms with Gasteiger partial charge in [0.2, 0.25) is 5.95 Å². The highest BCUT2D eigenvalue weighted by Crippen LogP contribution is 2.26. The van der Waals surface area contributed by atoms with Crippen molar-refractivity contribution in [1.29, 1.82) is 5.26 Å². The van der Waals surface area contributed by atoms with Gasteiger partial charge in [-0.05, 0) is 37.8 Å². The third-order valence-corrected chi connectivity index (χ3v) is 5.48. The van der Waals surface area contributed by atoms with Crippen molar-refractivity contribution in [2.75, 3.05) is 18.4 Å². The van der Waals surface area contributed by atoms with Crippen LogP contribution in [0.5, 0.6) is 0 Å². The molecular formula is C23H29N9O. The maximum absolute atomic E-state index is 13.6. The van der Waals surface area contributed by atoms with Gasteiger partial charge in [0, 0.05) is 18.8 Å². The SMILES string of the molecule is CC.Cc1ccc(-n2nccn2)c(C(=O)N2CCC[C@@H](C)[C@H]2CNc2ncc(C#N)cn2)n1. The number of carbonyl (C=O) groups excluding carboxylic acids is 1. The van der Waals surface area contributed by atoms with Crippen LogP contribution >= 0.6 is 0 Å². The van der Waals surface area contributed by atoms with Gasteiger partial charge in [-0.1, -0.05) is 20.8 Å². The molecule has 3 aromatic heterocycles. The fraction of sp³-hybridized carbons (Fsp3) is 0.435. The summed E-state index contributed by atoms with van der Waals surface area (Å²) in [5, 5.41) is 20.5. The number of aryl methyl sites for hydroxylation is 1. The van der Waals surface area contributed by atoms with Crippen LogP contribution < -0.4 is 5.32 Å². The summed E-state index contributed by atoms with van der Waals surface area (Å²) in [4.78, 5) is 29.8. The molecule has 0 radical (unpaired) electrons. The van der Waals surface area contributed by atoms with Crippen molar-refractivity contribution in [3.8, 4) is 11.8 Å². The van der Waals surface area contributed by atoms with Gasteiger partial charge in [0.05, 0.1) is 36.4 Å². The molecule has 0 bridgehead atoms. The van der Waals surface area contributed by atoms with Crippen LogP contribution in [0.15, 0.2) is 36.9 Å². The summed E-state index contributed by atoms with van der Waals surface area (Å²) in [5.74, 6) is 0.578. The first-order valence-electron chi connectivity index (χ1n) is 11.2. The van der Waals surface area contributed by atoms with Crippen molar-refractivity contribution in [2.45, 2.75) is 46.6 Å². The van der Waals surface area contributed by atoms with E-state index in [1.165, 1.54) is 17.2 Å². The zero-order valence-corrected chi connectivity index (χ0v) is 19.4. The zero-order chi connectivity index (χ0) is 23.8. The molecule has 1 amide bonds. The number of anilines is 1. The predicted molar refractivity (Wildman–Crippen MR) is 124 cm³/mol. The van der Waals surface area contributed by atoms with Gasteiger partial charge in [0.25, 0.3) is 5.91 Å². The minimum Gasteiger partial charge on any atom is -0.352 e. The molecule has 2 atom stereocenters. The van der Waals surface area contributed by atoms with E-state index in [9.17, 15) is 4.79 Å². The van der Waals surface area contributed by atoms with E-state index in [2.05, 4.69) is 37.4 Å². The van der Waals surface area contributed by atoms with Crippen LogP contribution in [0, 0.1) is 24.2 Å². The van der Waals surface area contributed by atoms with Crippen LogP contribution in [-0.2, 0) is 0 Å². The highest BCUT2D eigenvalue weighted by Gasteiger charge is 2.34. The van der Waals surface area contributed by atoms with E-state index in [1.54, 1.807) is 12.4 Å². The summed E-state index contributed by atoms with van der Waals surface area (Å²) in [6.45, 7) is 9.15. The topological polar surface area (TPSA) is 126 Å². The first-order valence-corrected chi connectivity index (χ1v) is 11.2. The monoisotopic (exact) mass is 447 g/mol. The van der Waals surface area contributed by atoms with Gasteiger partial charge < -0.3 is 10.2 Å². The molecule has 1 fully saturated rings. The van der Waals surface area contributed by atoms with Crippen molar-refractivity contribution < 1.29 is 4.79 Å².